The smallest absolute Gasteiger partial charge is 0.240 e. The highest BCUT2D eigenvalue weighted by Gasteiger charge is 2.14. The Bertz CT molecular complexity index is 806. The lowest BCUT2D eigenvalue weighted by Gasteiger charge is -2.06. The Morgan fingerprint density at radius 2 is 1.96 bits per heavy atom. The fourth-order valence-corrected chi connectivity index (χ4v) is 3.74. The normalized spacial score (nSPS) is 11.4. The van der Waals surface area contributed by atoms with Crippen LogP contribution in [0.3, 0.4) is 0 Å². The van der Waals surface area contributed by atoms with Crippen LogP contribution in [0.2, 0.25) is 0 Å². The van der Waals surface area contributed by atoms with Gasteiger partial charge in [-0.15, -0.1) is 10.2 Å². The molecule has 1 heterocycles. The van der Waals surface area contributed by atoms with E-state index in [-0.39, 0.29) is 23.8 Å². The molecular formula is C15H19FN4O3S2. The highest BCUT2D eigenvalue weighted by molar-refractivity contribution is 7.89. The molecule has 0 spiro atoms. The van der Waals surface area contributed by atoms with Crippen molar-refractivity contribution in [1.29, 1.82) is 0 Å². The van der Waals surface area contributed by atoms with Crippen LogP contribution in [-0.2, 0) is 21.2 Å². The van der Waals surface area contributed by atoms with Crippen LogP contribution in [0.5, 0.6) is 0 Å². The zero-order valence-corrected chi connectivity index (χ0v) is 15.3. The van der Waals surface area contributed by atoms with Crippen LogP contribution in [0.25, 0.3) is 0 Å². The number of sulfonamides is 1. The van der Waals surface area contributed by atoms with Crippen LogP contribution >= 0.6 is 11.3 Å². The average molecular weight is 386 g/mol. The van der Waals surface area contributed by atoms with E-state index in [1.807, 2.05) is 0 Å². The molecular weight excluding hydrogens is 367 g/mol. The van der Waals surface area contributed by atoms with Crippen molar-refractivity contribution in [2.45, 2.75) is 37.5 Å². The third kappa shape index (κ3) is 6.15. The summed E-state index contributed by atoms with van der Waals surface area (Å²) in [6.07, 6.45) is 2.83. The Morgan fingerprint density at radius 1 is 1.24 bits per heavy atom. The van der Waals surface area contributed by atoms with Gasteiger partial charge in [-0.1, -0.05) is 24.7 Å². The Morgan fingerprint density at radius 3 is 2.64 bits per heavy atom. The molecule has 0 saturated carbocycles. The standard InChI is InChI=1S/C15H19FN4O3S2/c1-2-3-4-14-19-20-15(24-14)18-13(21)9-10-17-25(22,23)12-7-5-11(16)6-8-12/h5-8,17H,2-4,9-10H2,1H3,(H,18,20,21). The molecule has 0 aliphatic heterocycles. The molecule has 10 heteroatoms. The predicted molar refractivity (Wildman–Crippen MR) is 93.4 cm³/mol. The summed E-state index contributed by atoms with van der Waals surface area (Å²) >= 11 is 1.31. The van der Waals surface area contributed by atoms with Crippen molar-refractivity contribution in [3.63, 3.8) is 0 Å². The molecule has 136 valence electrons. The number of rotatable bonds is 9. The van der Waals surface area contributed by atoms with E-state index < -0.39 is 15.8 Å². The summed E-state index contributed by atoms with van der Waals surface area (Å²) in [5.41, 5.74) is 0. The third-order valence-electron chi connectivity index (χ3n) is 3.23. The summed E-state index contributed by atoms with van der Waals surface area (Å²) in [6, 6.07) is 4.45. The summed E-state index contributed by atoms with van der Waals surface area (Å²) in [4.78, 5) is 11.8. The fourth-order valence-electron chi connectivity index (χ4n) is 1.91. The minimum Gasteiger partial charge on any atom is -0.300 e. The van der Waals surface area contributed by atoms with Crippen molar-refractivity contribution in [3.8, 4) is 0 Å². The van der Waals surface area contributed by atoms with Crippen molar-refractivity contribution in [2.75, 3.05) is 11.9 Å². The number of nitrogens with one attached hydrogen (secondary N) is 2. The maximum atomic E-state index is 12.8. The van der Waals surface area contributed by atoms with E-state index in [2.05, 4.69) is 27.2 Å². The molecule has 0 aliphatic carbocycles. The first-order chi connectivity index (χ1) is 11.9. The molecule has 0 unspecified atom stereocenters. The first-order valence-electron chi connectivity index (χ1n) is 7.78. The second-order valence-electron chi connectivity index (χ2n) is 5.25. The Balaban J connectivity index is 1.80. The molecule has 2 aromatic rings. The quantitative estimate of drug-likeness (QED) is 0.689. The molecule has 0 aliphatic rings. The number of hydrogen-bond acceptors (Lipinski definition) is 6. The van der Waals surface area contributed by atoms with E-state index in [1.54, 1.807) is 0 Å². The molecule has 0 radical (unpaired) electrons. The molecule has 1 amide bonds. The van der Waals surface area contributed by atoms with E-state index in [0.717, 1.165) is 48.5 Å². The van der Waals surface area contributed by atoms with Crippen LogP contribution in [0, 0.1) is 5.82 Å². The number of unbranched alkanes of at least 4 members (excludes halogenated alkanes) is 1. The molecule has 0 atom stereocenters. The van der Waals surface area contributed by atoms with Gasteiger partial charge in [-0.2, -0.15) is 0 Å². The number of carbonyl (C=O) groups is 1. The summed E-state index contributed by atoms with van der Waals surface area (Å²) in [5.74, 6) is -0.881. The van der Waals surface area contributed by atoms with Gasteiger partial charge in [-0.25, -0.2) is 17.5 Å². The van der Waals surface area contributed by atoms with Gasteiger partial charge in [0.15, 0.2) is 0 Å². The van der Waals surface area contributed by atoms with Gasteiger partial charge < -0.3 is 5.32 Å². The highest BCUT2D eigenvalue weighted by Crippen LogP contribution is 2.17. The second kappa shape index (κ2) is 8.97. The number of hydrogen-bond donors (Lipinski definition) is 2. The number of halogens is 1. The molecule has 7 nitrogen and oxygen atoms in total. The number of carbonyl (C=O) groups excluding carboxylic acids is 1. The lowest BCUT2D eigenvalue weighted by atomic mass is 10.3. The first kappa shape index (κ1) is 19.4. The van der Waals surface area contributed by atoms with Crippen molar-refractivity contribution in [3.05, 3.63) is 35.1 Å². The van der Waals surface area contributed by atoms with Gasteiger partial charge in [-0.05, 0) is 30.7 Å². The maximum Gasteiger partial charge on any atom is 0.240 e. The Kier molecular flexibility index (Phi) is 6.97. The number of aryl methyl sites for hydroxylation is 1. The zero-order valence-electron chi connectivity index (χ0n) is 13.7. The van der Waals surface area contributed by atoms with Gasteiger partial charge in [0.1, 0.15) is 10.8 Å². The number of benzene rings is 1. The summed E-state index contributed by atoms with van der Waals surface area (Å²) < 4.78 is 39.1. The van der Waals surface area contributed by atoms with Crippen LogP contribution in [0.1, 0.15) is 31.2 Å². The first-order valence-corrected chi connectivity index (χ1v) is 10.1. The van der Waals surface area contributed by atoms with Gasteiger partial charge >= 0.3 is 0 Å². The maximum absolute atomic E-state index is 12.8. The number of amides is 1. The highest BCUT2D eigenvalue weighted by atomic mass is 32.2. The number of aromatic nitrogens is 2. The largest absolute Gasteiger partial charge is 0.300 e. The Labute approximate surface area is 149 Å². The number of nitrogens with zero attached hydrogens (tertiary/aromatic N) is 2. The second-order valence-corrected chi connectivity index (χ2v) is 8.08. The van der Waals surface area contributed by atoms with Crippen LogP contribution < -0.4 is 10.0 Å². The van der Waals surface area contributed by atoms with Crippen molar-refractivity contribution >= 4 is 32.4 Å². The van der Waals surface area contributed by atoms with Gasteiger partial charge in [0.2, 0.25) is 21.1 Å². The van der Waals surface area contributed by atoms with E-state index in [9.17, 15) is 17.6 Å². The topological polar surface area (TPSA) is 101 Å². The lowest BCUT2D eigenvalue weighted by Crippen LogP contribution is -2.27. The molecule has 2 rings (SSSR count). The lowest BCUT2D eigenvalue weighted by molar-refractivity contribution is -0.116. The fraction of sp³-hybridized carbons (Fsp3) is 0.400. The van der Waals surface area contributed by atoms with E-state index in [4.69, 9.17) is 0 Å². The van der Waals surface area contributed by atoms with Gasteiger partial charge in [0.05, 0.1) is 4.90 Å². The predicted octanol–water partition coefficient (Wildman–Crippen LogP) is 2.33. The molecule has 0 fully saturated rings. The van der Waals surface area contributed by atoms with Crippen LogP contribution in [-0.4, -0.2) is 31.1 Å². The molecule has 1 aromatic heterocycles. The van der Waals surface area contributed by atoms with Gasteiger partial charge in [0.25, 0.3) is 0 Å². The zero-order chi connectivity index (χ0) is 18.3. The molecule has 1 aromatic carbocycles. The molecule has 25 heavy (non-hydrogen) atoms. The van der Waals surface area contributed by atoms with Crippen molar-refractivity contribution < 1.29 is 17.6 Å². The summed E-state index contributed by atoms with van der Waals surface area (Å²) in [5, 5.41) is 11.7. The minimum absolute atomic E-state index is 0.0513. The van der Waals surface area contributed by atoms with Crippen molar-refractivity contribution in [2.24, 2.45) is 0 Å². The van der Waals surface area contributed by atoms with Crippen molar-refractivity contribution in [1.82, 2.24) is 14.9 Å². The minimum atomic E-state index is -3.77. The van der Waals surface area contributed by atoms with Gasteiger partial charge in [-0.3, -0.25) is 4.79 Å². The van der Waals surface area contributed by atoms with Crippen LogP contribution in [0.4, 0.5) is 9.52 Å². The molecule has 0 saturated heterocycles. The van der Waals surface area contributed by atoms with Gasteiger partial charge in [0, 0.05) is 19.4 Å². The molecule has 2 N–H and O–H groups in total. The van der Waals surface area contributed by atoms with E-state index in [1.165, 1.54) is 11.3 Å². The monoisotopic (exact) mass is 386 g/mol. The summed E-state index contributed by atoms with van der Waals surface area (Å²) in [6.45, 7) is 2.00. The van der Waals surface area contributed by atoms with Crippen LogP contribution in [0.15, 0.2) is 29.2 Å². The third-order valence-corrected chi connectivity index (χ3v) is 5.60. The number of anilines is 1. The molecule has 0 bridgehead atoms. The van der Waals surface area contributed by atoms with E-state index >= 15 is 0 Å². The summed E-state index contributed by atoms with van der Waals surface area (Å²) in [7, 11) is -3.77. The average Bonchev–Trinajstić information content (AvgIpc) is 3.00. The van der Waals surface area contributed by atoms with E-state index in [0.29, 0.717) is 5.13 Å². The Hall–Kier alpha value is -1.91. The SMILES string of the molecule is CCCCc1nnc(NC(=O)CCNS(=O)(=O)c2ccc(F)cc2)s1.